The van der Waals surface area contributed by atoms with Crippen LogP contribution in [0.4, 0.5) is 4.39 Å². The molecule has 2 aromatic carbocycles. The summed E-state index contributed by atoms with van der Waals surface area (Å²) in [6.45, 7) is 0. The molecule has 0 fully saturated rings. The molecular formula is C17H16FN3. The average molecular weight is 281 g/mol. The SMILES string of the molecule is CNC(c1cnn(-c2ccccc2)c1)c1ccccc1F. The Morgan fingerprint density at radius 2 is 1.76 bits per heavy atom. The van der Waals surface area contributed by atoms with E-state index in [-0.39, 0.29) is 11.9 Å². The van der Waals surface area contributed by atoms with Gasteiger partial charge in [-0.15, -0.1) is 0 Å². The molecule has 1 atom stereocenters. The zero-order valence-electron chi connectivity index (χ0n) is 11.7. The number of hydrogen-bond acceptors (Lipinski definition) is 2. The van der Waals surface area contributed by atoms with Crippen LogP contribution in [0.3, 0.4) is 0 Å². The van der Waals surface area contributed by atoms with Gasteiger partial charge in [0.25, 0.3) is 0 Å². The number of para-hydroxylation sites is 1. The monoisotopic (exact) mass is 281 g/mol. The molecule has 3 aromatic rings. The van der Waals surface area contributed by atoms with Crippen LogP contribution >= 0.6 is 0 Å². The molecule has 1 heterocycles. The highest BCUT2D eigenvalue weighted by Crippen LogP contribution is 2.24. The van der Waals surface area contributed by atoms with Crippen molar-refractivity contribution in [2.45, 2.75) is 6.04 Å². The van der Waals surface area contributed by atoms with Crippen molar-refractivity contribution in [3.63, 3.8) is 0 Å². The Kier molecular flexibility index (Phi) is 3.79. The summed E-state index contributed by atoms with van der Waals surface area (Å²) in [5.41, 5.74) is 2.52. The maximum atomic E-state index is 14.0. The Morgan fingerprint density at radius 3 is 2.48 bits per heavy atom. The Morgan fingerprint density at radius 1 is 1.05 bits per heavy atom. The van der Waals surface area contributed by atoms with Crippen molar-refractivity contribution in [1.82, 2.24) is 15.1 Å². The molecule has 0 spiro atoms. The van der Waals surface area contributed by atoms with Gasteiger partial charge in [-0.2, -0.15) is 5.10 Å². The number of aromatic nitrogens is 2. The second-order valence-corrected chi connectivity index (χ2v) is 4.80. The maximum Gasteiger partial charge on any atom is 0.128 e. The van der Waals surface area contributed by atoms with Crippen LogP contribution in [-0.4, -0.2) is 16.8 Å². The van der Waals surface area contributed by atoms with Crippen LogP contribution in [0.2, 0.25) is 0 Å². The minimum atomic E-state index is -0.219. The third-order valence-corrected chi connectivity index (χ3v) is 3.46. The van der Waals surface area contributed by atoms with Crippen molar-refractivity contribution in [3.05, 3.63) is 83.9 Å². The molecule has 0 radical (unpaired) electrons. The van der Waals surface area contributed by atoms with Gasteiger partial charge in [0.2, 0.25) is 0 Å². The van der Waals surface area contributed by atoms with Crippen LogP contribution in [0, 0.1) is 5.82 Å². The minimum Gasteiger partial charge on any atom is -0.309 e. The van der Waals surface area contributed by atoms with Gasteiger partial charge in [0, 0.05) is 17.3 Å². The molecule has 0 saturated carbocycles. The number of nitrogens with one attached hydrogen (secondary N) is 1. The standard InChI is InChI=1S/C17H16FN3/c1-19-17(15-9-5-6-10-16(15)18)13-11-20-21(12-13)14-7-3-2-4-8-14/h2-12,17,19H,1H3. The molecule has 1 N–H and O–H groups in total. The Bertz CT molecular complexity index is 722. The van der Waals surface area contributed by atoms with Crippen LogP contribution in [0.5, 0.6) is 0 Å². The van der Waals surface area contributed by atoms with E-state index < -0.39 is 0 Å². The third-order valence-electron chi connectivity index (χ3n) is 3.46. The highest BCUT2D eigenvalue weighted by atomic mass is 19.1. The van der Waals surface area contributed by atoms with E-state index >= 15 is 0 Å². The number of rotatable bonds is 4. The van der Waals surface area contributed by atoms with E-state index in [0.29, 0.717) is 5.56 Å². The van der Waals surface area contributed by atoms with Crippen molar-refractivity contribution < 1.29 is 4.39 Å². The molecule has 4 heteroatoms. The highest BCUT2D eigenvalue weighted by Gasteiger charge is 2.17. The molecule has 0 bridgehead atoms. The first-order valence-corrected chi connectivity index (χ1v) is 6.81. The predicted molar refractivity (Wildman–Crippen MR) is 80.9 cm³/mol. The fourth-order valence-corrected chi connectivity index (χ4v) is 2.42. The summed E-state index contributed by atoms with van der Waals surface area (Å²) in [5, 5.41) is 7.51. The zero-order valence-corrected chi connectivity index (χ0v) is 11.7. The molecule has 106 valence electrons. The fourth-order valence-electron chi connectivity index (χ4n) is 2.42. The largest absolute Gasteiger partial charge is 0.309 e. The van der Waals surface area contributed by atoms with Crippen LogP contribution < -0.4 is 5.32 Å². The average Bonchev–Trinajstić information content (AvgIpc) is 3.00. The van der Waals surface area contributed by atoms with Gasteiger partial charge in [0.15, 0.2) is 0 Å². The molecule has 21 heavy (non-hydrogen) atoms. The molecule has 3 rings (SSSR count). The van der Waals surface area contributed by atoms with Crippen molar-refractivity contribution >= 4 is 0 Å². The second kappa shape index (κ2) is 5.89. The van der Waals surface area contributed by atoms with E-state index in [1.54, 1.807) is 23.0 Å². The smallest absolute Gasteiger partial charge is 0.128 e. The fraction of sp³-hybridized carbons (Fsp3) is 0.118. The van der Waals surface area contributed by atoms with Crippen molar-refractivity contribution in [3.8, 4) is 5.69 Å². The van der Waals surface area contributed by atoms with E-state index in [0.717, 1.165) is 11.3 Å². The maximum absolute atomic E-state index is 14.0. The summed E-state index contributed by atoms with van der Waals surface area (Å²) >= 11 is 0. The summed E-state index contributed by atoms with van der Waals surface area (Å²) in [4.78, 5) is 0. The van der Waals surface area contributed by atoms with Crippen LogP contribution in [-0.2, 0) is 0 Å². The van der Waals surface area contributed by atoms with Crippen LogP contribution in [0.25, 0.3) is 5.69 Å². The topological polar surface area (TPSA) is 29.9 Å². The van der Waals surface area contributed by atoms with Gasteiger partial charge in [0.1, 0.15) is 5.82 Å². The van der Waals surface area contributed by atoms with E-state index in [1.165, 1.54) is 6.07 Å². The zero-order chi connectivity index (χ0) is 14.7. The van der Waals surface area contributed by atoms with E-state index in [2.05, 4.69) is 10.4 Å². The number of benzene rings is 2. The minimum absolute atomic E-state index is 0.218. The molecule has 0 aliphatic rings. The molecule has 0 aliphatic carbocycles. The normalized spacial score (nSPS) is 12.3. The third kappa shape index (κ3) is 2.71. The van der Waals surface area contributed by atoms with Crippen LogP contribution in [0.1, 0.15) is 17.2 Å². The van der Waals surface area contributed by atoms with E-state index in [1.807, 2.05) is 49.6 Å². The predicted octanol–water partition coefficient (Wildman–Crippen LogP) is 3.32. The van der Waals surface area contributed by atoms with Gasteiger partial charge in [-0.3, -0.25) is 0 Å². The highest BCUT2D eigenvalue weighted by molar-refractivity contribution is 5.34. The van der Waals surface area contributed by atoms with Gasteiger partial charge in [0.05, 0.1) is 17.9 Å². The van der Waals surface area contributed by atoms with Crippen molar-refractivity contribution in [2.24, 2.45) is 0 Å². The molecular weight excluding hydrogens is 265 g/mol. The molecule has 0 amide bonds. The van der Waals surface area contributed by atoms with Gasteiger partial charge in [-0.25, -0.2) is 9.07 Å². The first-order chi connectivity index (χ1) is 10.3. The molecule has 1 aromatic heterocycles. The lowest BCUT2D eigenvalue weighted by molar-refractivity contribution is 0.576. The lowest BCUT2D eigenvalue weighted by Gasteiger charge is -2.15. The summed E-state index contributed by atoms with van der Waals surface area (Å²) < 4.78 is 15.8. The summed E-state index contributed by atoms with van der Waals surface area (Å²) in [7, 11) is 1.82. The summed E-state index contributed by atoms with van der Waals surface area (Å²) in [6, 6.07) is 16.4. The molecule has 1 unspecified atom stereocenters. The molecule has 0 aliphatic heterocycles. The van der Waals surface area contributed by atoms with Gasteiger partial charge in [-0.05, 0) is 25.2 Å². The van der Waals surface area contributed by atoms with Gasteiger partial charge >= 0.3 is 0 Å². The van der Waals surface area contributed by atoms with Crippen molar-refractivity contribution in [2.75, 3.05) is 7.05 Å². The Balaban J connectivity index is 1.96. The van der Waals surface area contributed by atoms with E-state index in [9.17, 15) is 4.39 Å². The quantitative estimate of drug-likeness (QED) is 0.795. The van der Waals surface area contributed by atoms with Crippen molar-refractivity contribution in [1.29, 1.82) is 0 Å². The molecule has 3 nitrogen and oxygen atoms in total. The molecule has 0 saturated heterocycles. The van der Waals surface area contributed by atoms with Gasteiger partial charge in [-0.1, -0.05) is 36.4 Å². The Hall–Kier alpha value is -2.46. The summed E-state index contributed by atoms with van der Waals surface area (Å²) in [5.74, 6) is -0.218. The second-order valence-electron chi connectivity index (χ2n) is 4.80. The number of nitrogens with zero attached hydrogens (tertiary/aromatic N) is 2. The lowest BCUT2D eigenvalue weighted by atomic mass is 10.0. The number of halogens is 1. The number of hydrogen-bond donors (Lipinski definition) is 1. The lowest BCUT2D eigenvalue weighted by Crippen LogP contribution is -2.18. The Labute approximate surface area is 123 Å². The van der Waals surface area contributed by atoms with E-state index in [4.69, 9.17) is 0 Å². The first-order valence-electron chi connectivity index (χ1n) is 6.81. The summed E-state index contributed by atoms with van der Waals surface area (Å²) in [6.07, 6.45) is 3.68. The van der Waals surface area contributed by atoms with Gasteiger partial charge < -0.3 is 5.32 Å². The first kappa shape index (κ1) is 13.5. The van der Waals surface area contributed by atoms with Crippen LogP contribution in [0.15, 0.2) is 67.0 Å².